The zero-order valence-electron chi connectivity index (χ0n) is 12.4. The summed E-state index contributed by atoms with van der Waals surface area (Å²) in [6.45, 7) is 0. The molecule has 0 aliphatic carbocycles. The molecule has 122 valence electrons. The lowest BCUT2D eigenvalue weighted by Crippen LogP contribution is -2.17. The third-order valence-corrected chi connectivity index (χ3v) is 4.86. The normalized spacial score (nSPS) is 11.2. The van der Waals surface area contributed by atoms with Gasteiger partial charge in [0.1, 0.15) is 11.6 Å². The van der Waals surface area contributed by atoms with Gasteiger partial charge >= 0.3 is 0 Å². The van der Waals surface area contributed by atoms with E-state index in [-0.39, 0.29) is 5.69 Å². The average Bonchev–Trinajstić information content (AvgIpc) is 2.55. The van der Waals surface area contributed by atoms with Gasteiger partial charge in [-0.25, -0.2) is 17.2 Å². The summed E-state index contributed by atoms with van der Waals surface area (Å²) in [7, 11) is -4.41. The summed E-state index contributed by atoms with van der Waals surface area (Å²) in [5.41, 5.74) is 1.63. The van der Waals surface area contributed by atoms with Crippen LogP contribution < -0.4 is 4.72 Å². The summed E-state index contributed by atoms with van der Waals surface area (Å²) in [6.07, 6.45) is 0. The van der Waals surface area contributed by atoms with E-state index in [2.05, 4.69) is 4.72 Å². The van der Waals surface area contributed by atoms with E-state index in [1.165, 1.54) is 0 Å². The molecule has 0 saturated heterocycles. The summed E-state index contributed by atoms with van der Waals surface area (Å²) in [5.74, 6) is -2.28. The van der Waals surface area contributed by atoms with E-state index in [1.807, 2.05) is 30.3 Å². The molecule has 0 heterocycles. The van der Waals surface area contributed by atoms with Crippen LogP contribution in [-0.2, 0) is 10.0 Å². The lowest BCUT2D eigenvalue weighted by molar-refractivity contribution is 0.521. The number of anilines is 1. The average molecular weight is 345 g/mol. The molecule has 0 bridgehead atoms. The van der Waals surface area contributed by atoms with Gasteiger partial charge in [-0.05, 0) is 23.8 Å². The number of benzene rings is 3. The van der Waals surface area contributed by atoms with Crippen LogP contribution >= 0.6 is 0 Å². The summed E-state index contributed by atoms with van der Waals surface area (Å²) in [5, 5.41) is 0. The van der Waals surface area contributed by atoms with Crippen molar-refractivity contribution in [3.63, 3.8) is 0 Å². The monoisotopic (exact) mass is 345 g/mol. The second kappa shape index (κ2) is 6.41. The number of halogens is 2. The van der Waals surface area contributed by atoms with Crippen LogP contribution in [0.3, 0.4) is 0 Å². The Hall–Kier alpha value is -2.73. The molecule has 3 aromatic carbocycles. The van der Waals surface area contributed by atoms with Crippen LogP contribution in [-0.4, -0.2) is 8.42 Å². The van der Waals surface area contributed by atoms with Gasteiger partial charge in [-0.1, -0.05) is 54.6 Å². The lowest BCUT2D eigenvalue weighted by Gasteiger charge is -2.13. The Morgan fingerprint density at radius 2 is 1.29 bits per heavy atom. The fourth-order valence-electron chi connectivity index (χ4n) is 2.38. The van der Waals surface area contributed by atoms with Gasteiger partial charge in [-0.3, -0.25) is 4.72 Å². The van der Waals surface area contributed by atoms with Gasteiger partial charge in [0.2, 0.25) is 0 Å². The summed E-state index contributed by atoms with van der Waals surface area (Å²) >= 11 is 0. The van der Waals surface area contributed by atoms with E-state index in [0.29, 0.717) is 5.56 Å². The molecule has 1 N–H and O–H groups in total. The Kier molecular flexibility index (Phi) is 4.31. The largest absolute Gasteiger partial charge is 0.279 e. The summed E-state index contributed by atoms with van der Waals surface area (Å²) in [4.78, 5) is -0.993. The van der Waals surface area contributed by atoms with Crippen molar-refractivity contribution in [2.75, 3.05) is 4.72 Å². The van der Waals surface area contributed by atoms with Crippen molar-refractivity contribution < 1.29 is 17.2 Å². The third kappa shape index (κ3) is 3.14. The van der Waals surface area contributed by atoms with E-state index < -0.39 is 26.6 Å². The Morgan fingerprint density at radius 3 is 1.96 bits per heavy atom. The second-order valence-corrected chi connectivity index (χ2v) is 6.69. The van der Waals surface area contributed by atoms with Gasteiger partial charge in [0.05, 0.1) is 5.69 Å². The standard InChI is InChI=1S/C18H13F2NO2S/c19-15-10-6-11-16(20)18(15)24(22,23)21-17-12-5-4-9-14(17)13-7-2-1-3-8-13/h1-12,21H. The van der Waals surface area contributed by atoms with Gasteiger partial charge in [0.25, 0.3) is 10.0 Å². The molecule has 3 aromatic rings. The minimum absolute atomic E-state index is 0.242. The first-order chi connectivity index (χ1) is 11.5. The van der Waals surface area contributed by atoms with E-state index in [1.54, 1.807) is 24.3 Å². The van der Waals surface area contributed by atoms with Crippen molar-refractivity contribution in [1.82, 2.24) is 0 Å². The lowest BCUT2D eigenvalue weighted by atomic mass is 10.0. The molecule has 3 nitrogen and oxygen atoms in total. The van der Waals surface area contributed by atoms with Crippen LogP contribution in [0.25, 0.3) is 11.1 Å². The SMILES string of the molecule is O=S(=O)(Nc1ccccc1-c1ccccc1)c1c(F)cccc1F. The van der Waals surface area contributed by atoms with Gasteiger partial charge in [0, 0.05) is 5.56 Å². The second-order valence-electron chi connectivity index (χ2n) is 5.07. The predicted molar refractivity (Wildman–Crippen MR) is 89.0 cm³/mol. The molecule has 24 heavy (non-hydrogen) atoms. The van der Waals surface area contributed by atoms with Crippen LogP contribution in [0.15, 0.2) is 77.7 Å². The van der Waals surface area contributed by atoms with E-state index in [4.69, 9.17) is 0 Å². The van der Waals surface area contributed by atoms with Crippen molar-refractivity contribution in [1.29, 1.82) is 0 Å². The molecule has 0 amide bonds. The fraction of sp³-hybridized carbons (Fsp3) is 0. The Bertz CT molecular complexity index is 953. The highest BCUT2D eigenvalue weighted by atomic mass is 32.2. The molecule has 0 atom stereocenters. The molecule has 0 aliphatic heterocycles. The Morgan fingerprint density at radius 1 is 0.708 bits per heavy atom. The minimum Gasteiger partial charge on any atom is -0.279 e. The minimum atomic E-state index is -4.41. The summed E-state index contributed by atoms with van der Waals surface area (Å²) in [6, 6.07) is 18.7. The van der Waals surface area contributed by atoms with Gasteiger partial charge in [0.15, 0.2) is 4.90 Å². The molecular weight excluding hydrogens is 332 g/mol. The van der Waals surface area contributed by atoms with Crippen LogP contribution in [0, 0.1) is 11.6 Å². The predicted octanol–water partition coefficient (Wildman–Crippen LogP) is 4.43. The van der Waals surface area contributed by atoms with Crippen LogP contribution in [0.2, 0.25) is 0 Å². The van der Waals surface area contributed by atoms with Gasteiger partial charge in [-0.15, -0.1) is 0 Å². The maximum absolute atomic E-state index is 13.8. The fourth-order valence-corrected chi connectivity index (χ4v) is 3.60. The highest BCUT2D eigenvalue weighted by Gasteiger charge is 2.24. The first-order valence-corrected chi connectivity index (χ1v) is 8.58. The van der Waals surface area contributed by atoms with Crippen molar-refractivity contribution in [3.8, 4) is 11.1 Å². The Labute approximate surface area is 138 Å². The molecule has 0 spiro atoms. The number of sulfonamides is 1. The number of para-hydroxylation sites is 1. The first-order valence-electron chi connectivity index (χ1n) is 7.10. The van der Waals surface area contributed by atoms with Gasteiger partial charge < -0.3 is 0 Å². The van der Waals surface area contributed by atoms with Crippen molar-refractivity contribution in [3.05, 3.63) is 84.4 Å². The molecular formula is C18H13F2NO2S. The van der Waals surface area contributed by atoms with Crippen molar-refractivity contribution >= 4 is 15.7 Å². The number of nitrogens with one attached hydrogen (secondary N) is 1. The molecule has 0 unspecified atom stereocenters. The highest BCUT2D eigenvalue weighted by molar-refractivity contribution is 7.92. The van der Waals surface area contributed by atoms with Crippen molar-refractivity contribution in [2.24, 2.45) is 0 Å². The Balaban J connectivity index is 2.06. The molecule has 0 aliphatic rings. The number of hydrogen-bond donors (Lipinski definition) is 1. The maximum atomic E-state index is 13.8. The smallest absolute Gasteiger partial charge is 0.267 e. The topological polar surface area (TPSA) is 46.2 Å². The molecule has 0 saturated carbocycles. The van der Waals surface area contributed by atoms with Gasteiger partial charge in [-0.2, -0.15) is 0 Å². The van der Waals surface area contributed by atoms with Crippen LogP contribution in [0.5, 0.6) is 0 Å². The molecule has 0 aromatic heterocycles. The van der Waals surface area contributed by atoms with Crippen molar-refractivity contribution in [2.45, 2.75) is 4.90 Å². The van der Waals surface area contributed by atoms with E-state index in [9.17, 15) is 17.2 Å². The third-order valence-electron chi connectivity index (χ3n) is 3.44. The molecule has 0 radical (unpaired) electrons. The molecule has 3 rings (SSSR count). The van der Waals surface area contributed by atoms with Crippen LogP contribution in [0.1, 0.15) is 0 Å². The zero-order chi connectivity index (χ0) is 17.2. The van der Waals surface area contributed by atoms with E-state index >= 15 is 0 Å². The number of rotatable bonds is 4. The van der Waals surface area contributed by atoms with Crippen LogP contribution in [0.4, 0.5) is 14.5 Å². The molecule has 0 fully saturated rings. The quantitative estimate of drug-likeness (QED) is 0.760. The molecule has 6 heteroatoms. The highest BCUT2D eigenvalue weighted by Crippen LogP contribution is 2.30. The van der Waals surface area contributed by atoms with E-state index in [0.717, 1.165) is 23.8 Å². The first kappa shape index (κ1) is 16.1. The number of hydrogen-bond acceptors (Lipinski definition) is 2. The zero-order valence-corrected chi connectivity index (χ0v) is 13.2. The maximum Gasteiger partial charge on any atom is 0.267 e. The summed E-state index contributed by atoms with van der Waals surface area (Å²) < 4.78 is 54.8.